The fraction of sp³-hybridized carbons (Fsp3) is 0.519. The number of aromatic nitrogens is 4. The number of benzene rings is 1. The van der Waals surface area contributed by atoms with Gasteiger partial charge in [0, 0.05) is 41.0 Å². The van der Waals surface area contributed by atoms with Crippen LogP contribution in [-0.2, 0) is 6.42 Å². The number of phenolic OH excluding ortho intramolecular Hbond substituents is 1. The highest BCUT2D eigenvalue weighted by molar-refractivity contribution is 5.76. The molecule has 0 saturated carbocycles. The van der Waals surface area contributed by atoms with E-state index in [9.17, 15) is 5.11 Å². The molecule has 8 heteroatoms. The van der Waals surface area contributed by atoms with Crippen LogP contribution in [0.1, 0.15) is 65.8 Å². The largest absolute Gasteiger partial charge is 0.507 e. The van der Waals surface area contributed by atoms with E-state index in [1.54, 1.807) is 30.3 Å². The van der Waals surface area contributed by atoms with Gasteiger partial charge in [-0.1, -0.05) is 13.8 Å². The summed E-state index contributed by atoms with van der Waals surface area (Å²) in [7, 11) is 1.62. The van der Waals surface area contributed by atoms with Crippen LogP contribution >= 0.6 is 0 Å². The summed E-state index contributed by atoms with van der Waals surface area (Å²) in [4.78, 5) is 4.61. The minimum atomic E-state index is 0.168. The number of aromatic hydroxyl groups is 1. The van der Waals surface area contributed by atoms with Crippen molar-refractivity contribution in [2.24, 2.45) is 16.1 Å². The predicted octanol–water partition coefficient (Wildman–Crippen LogP) is 6.18. The van der Waals surface area contributed by atoms with Crippen LogP contribution in [0.3, 0.4) is 0 Å². The van der Waals surface area contributed by atoms with E-state index in [1.807, 2.05) is 32.0 Å². The molecule has 35 heavy (non-hydrogen) atoms. The standard InChI is InChI=1S/C17H18N6O.C10H21N/c1-4-15-14(8-16(22-18-3)11(2)21-15)13-6-5-12(7-17(13)24)23-9-19-20-10-23;1-8-6-9(2,3)11-10(4,5)7-8/h5-10,24H,4H2,1-3H3;8,11H,6-7H2,1-5H3. The fourth-order valence-electron chi connectivity index (χ4n) is 5.43. The summed E-state index contributed by atoms with van der Waals surface area (Å²) in [5.74, 6) is 1.03. The first-order valence-corrected chi connectivity index (χ1v) is 12.2. The molecule has 0 aliphatic carbocycles. The van der Waals surface area contributed by atoms with E-state index in [4.69, 9.17) is 0 Å². The molecule has 1 saturated heterocycles. The maximum Gasteiger partial charge on any atom is 0.125 e. The van der Waals surface area contributed by atoms with Crippen molar-refractivity contribution in [2.45, 2.75) is 78.8 Å². The topological polar surface area (TPSA) is 101 Å². The van der Waals surface area contributed by atoms with Crippen LogP contribution < -0.4 is 5.32 Å². The third-order valence-corrected chi connectivity index (χ3v) is 6.19. The Kier molecular flexibility index (Phi) is 8.05. The molecule has 0 unspecified atom stereocenters. The molecule has 0 amide bonds. The zero-order valence-electron chi connectivity index (χ0n) is 22.3. The first kappa shape index (κ1) is 26.5. The van der Waals surface area contributed by atoms with Gasteiger partial charge in [-0.25, -0.2) is 0 Å². The van der Waals surface area contributed by atoms with Gasteiger partial charge >= 0.3 is 0 Å². The van der Waals surface area contributed by atoms with Gasteiger partial charge in [0.05, 0.1) is 11.4 Å². The quantitative estimate of drug-likeness (QED) is 0.437. The Hall–Kier alpha value is -3.13. The lowest BCUT2D eigenvalue weighted by Gasteiger charge is -2.45. The number of rotatable bonds is 4. The van der Waals surface area contributed by atoms with E-state index in [0.29, 0.717) is 22.3 Å². The molecule has 0 bridgehead atoms. The number of nitrogens with zero attached hydrogens (tertiary/aromatic N) is 6. The van der Waals surface area contributed by atoms with Crippen LogP contribution in [0.2, 0.25) is 0 Å². The van der Waals surface area contributed by atoms with Gasteiger partial charge in [0.2, 0.25) is 0 Å². The molecule has 1 aliphatic rings. The van der Waals surface area contributed by atoms with Gasteiger partial charge in [-0.2, -0.15) is 10.2 Å². The lowest BCUT2D eigenvalue weighted by atomic mass is 9.77. The molecule has 2 N–H and O–H groups in total. The summed E-state index contributed by atoms with van der Waals surface area (Å²) < 4.78 is 1.73. The molecule has 0 atom stereocenters. The highest BCUT2D eigenvalue weighted by Gasteiger charge is 2.35. The fourth-order valence-corrected chi connectivity index (χ4v) is 5.43. The highest BCUT2D eigenvalue weighted by Crippen LogP contribution is 2.36. The van der Waals surface area contributed by atoms with Crippen molar-refractivity contribution >= 4 is 5.69 Å². The van der Waals surface area contributed by atoms with Gasteiger partial charge in [-0.3, -0.25) is 9.55 Å². The molecule has 0 radical (unpaired) electrons. The van der Waals surface area contributed by atoms with Crippen LogP contribution in [0.4, 0.5) is 5.69 Å². The summed E-state index contributed by atoms with van der Waals surface area (Å²) in [6, 6.07) is 7.36. The number of hydrogen-bond donors (Lipinski definition) is 2. The second-order valence-corrected chi connectivity index (χ2v) is 10.7. The van der Waals surface area contributed by atoms with Gasteiger partial charge in [0.15, 0.2) is 0 Å². The summed E-state index contributed by atoms with van der Waals surface area (Å²) in [6.45, 7) is 15.5. The highest BCUT2D eigenvalue weighted by atomic mass is 16.3. The van der Waals surface area contributed by atoms with Crippen molar-refractivity contribution in [3.8, 4) is 22.6 Å². The van der Waals surface area contributed by atoms with E-state index in [-0.39, 0.29) is 5.75 Å². The average molecular weight is 478 g/mol. The predicted molar refractivity (Wildman–Crippen MR) is 141 cm³/mol. The van der Waals surface area contributed by atoms with Gasteiger partial charge in [-0.15, -0.1) is 10.2 Å². The summed E-state index contributed by atoms with van der Waals surface area (Å²) >= 11 is 0. The lowest BCUT2D eigenvalue weighted by Crippen LogP contribution is -2.57. The second-order valence-electron chi connectivity index (χ2n) is 10.7. The Balaban J connectivity index is 0.000000261. The molecule has 2 aromatic heterocycles. The minimum absolute atomic E-state index is 0.168. The summed E-state index contributed by atoms with van der Waals surface area (Å²) in [6.07, 6.45) is 6.53. The molecule has 1 aliphatic heterocycles. The smallest absolute Gasteiger partial charge is 0.125 e. The van der Waals surface area contributed by atoms with Crippen LogP contribution in [0, 0.1) is 12.8 Å². The first-order valence-electron chi connectivity index (χ1n) is 12.2. The van der Waals surface area contributed by atoms with Crippen LogP contribution in [-0.4, -0.2) is 43.0 Å². The summed E-state index contributed by atoms with van der Waals surface area (Å²) in [5, 5.41) is 29.7. The van der Waals surface area contributed by atoms with Crippen LogP contribution in [0.5, 0.6) is 5.75 Å². The van der Waals surface area contributed by atoms with E-state index >= 15 is 0 Å². The number of hydrogen-bond acceptors (Lipinski definition) is 7. The zero-order valence-corrected chi connectivity index (χ0v) is 22.3. The molecular weight excluding hydrogens is 438 g/mol. The van der Waals surface area contributed by atoms with Crippen molar-refractivity contribution in [3.63, 3.8) is 0 Å². The van der Waals surface area contributed by atoms with Gasteiger partial charge in [0.1, 0.15) is 24.1 Å². The van der Waals surface area contributed by atoms with Gasteiger partial charge in [-0.05, 0) is 78.0 Å². The van der Waals surface area contributed by atoms with E-state index < -0.39 is 0 Å². The normalized spacial score (nSPS) is 17.3. The number of azo groups is 1. The summed E-state index contributed by atoms with van der Waals surface area (Å²) in [5.41, 5.74) is 5.46. The molecule has 1 aromatic carbocycles. The third-order valence-electron chi connectivity index (χ3n) is 6.19. The monoisotopic (exact) mass is 477 g/mol. The van der Waals surface area contributed by atoms with Crippen LogP contribution in [0.15, 0.2) is 47.1 Å². The Labute approximate surface area is 208 Å². The SMILES string of the molecule is CC1CC(C)(C)NC(C)(C)C1.CCc1nc(C)c(N=NC)cc1-c1ccc(-n2cnnc2)cc1O. The minimum Gasteiger partial charge on any atom is -0.507 e. The Morgan fingerprint density at radius 1 is 1.06 bits per heavy atom. The Morgan fingerprint density at radius 2 is 1.69 bits per heavy atom. The third kappa shape index (κ3) is 6.72. The zero-order chi connectivity index (χ0) is 25.8. The lowest BCUT2D eigenvalue weighted by molar-refractivity contribution is 0.138. The maximum atomic E-state index is 10.5. The van der Waals surface area contributed by atoms with Gasteiger partial charge < -0.3 is 10.4 Å². The average Bonchev–Trinajstić information content (AvgIpc) is 3.28. The molecule has 1 fully saturated rings. The molecular formula is C27H39N7O. The van der Waals surface area contributed by atoms with Crippen molar-refractivity contribution in [2.75, 3.05) is 7.05 Å². The van der Waals surface area contributed by atoms with E-state index in [1.165, 1.54) is 12.8 Å². The Morgan fingerprint density at radius 3 is 2.20 bits per heavy atom. The molecule has 3 heterocycles. The van der Waals surface area contributed by atoms with E-state index in [0.717, 1.165) is 35.0 Å². The number of piperidine rings is 1. The van der Waals surface area contributed by atoms with Crippen molar-refractivity contribution in [1.82, 2.24) is 25.1 Å². The molecule has 4 rings (SSSR count). The first-order chi connectivity index (χ1) is 16.4. The number of nitrogens with one attached hydrogen (secondary N) is 1. The van der Waals surface area contributed by atoms with E-state index in [2.05, 4.69) is 65.3 Å². The van der Waals surface area contributed by atoms with Crippen molar-refractivity contribution < 1.29 is 5.11 Å². The molecule has 0 spiro atoms. The maximum absolute atomic E-state index is 10.5. The molecule has 8 nitrogen and oxygen atoms in total. The van der Waals surface area contributed by atoms with Crippen LogP contribution in [0.25, 0.3) is 16.8 Å². The number of phenols is 1. The number of aryl methyl sites for hydroxylation is 2. The van der Waals surface area contributed by atoms with Crippen molar-refractivity contribution in [1.29, 1.82) is 0 Å². The molecule has 3 aromatic rings. The van der Waals surface area contributed by atoms with Gasteiger partial charge in [0.25, 0.3) is 0 Å². The van der Waals surface area contributed by atoms with Crippen molar-refractivity contribution in [3.05, 3.63) is 48.3 Å². The second kappa shape index (κ2) is 10.6. The Bertz CT molecular complexity index is 1150. The molecule has 188 valence electrons. The number of pyridine rings is 1.